The molecule has 2 rings (SSSR count). The summed E-state index contributed by atoms with van der Waals surface area (Å²) in [7, 11) is 0. The predicted molar refractivity (Wildman–Crippen MR) is 88.0 cm³/mol. The van der Waals surface area contributed by atoms with E-state index in [0.29, 0.717) is 11.6 Å². The SMILES string of the molecule is CCCc1nc(Cc2cccc(Cl)c2)nc(Cl)c1I. The van der Waals surface area contributed by atoms with Crippen LogP contribution in [0.1, 0.15) is 30.4 Å². The summed E-state index contributed by atoms with van der Waals surface area (Å²) in [6.45, 7) is 2.13. The van der Waals surface area contributed by atoms with Crippen molar-refractivity contribution in [1.29, 1.82) is 0 Å². The third-order valence-electron chi connectivity index (χ3n) is 2.66. The molecule has 1 aromatic carbocycles. The average molecular weight is 407 g/mol. The first-order chi connectivity index (χ1) is 9.10. The Kier molecular flexibility index (Phi) is 5.42. The molecular weight excluding hydrogens is 394 g/mol. The van der Waals surface area contributed by atoms with Crippen molar-refractivity contribution in [3.63, 3.8) is 0 Å². The molecule has 0 amide bonds. The van der Waals surface area contributed by atoms with E-state index in [4.69, 9.17) is 23.2 Å². The van der Waals surface area contributed by atoms with Crippen LogP contribution in [0.25, 0.3) is 0 Å². The zero-order valence-electron chi connectivity index (χ0n) is 10.5. The Hall–Kier alpha value is -0.390. The van der Waals surface area contributed by atoms with Crippen molar-refractivity contribution < 1.29 is 0 Å². The van der Waals surface area contributed by atoms with Gasteiger partial charge >= 0.3 is 0 Å². The maximum absolute atomic E-state index is 6.17. The summed E-state index contributed by atoms with van der Waals surface area (Å²) in [5.74, 6) is 0.746. The number of benzene rings is 1. The van der Waals surface area contributed by atoms with Crippen LogP contribution in [0.15, 0.2) is 24.3 Å². The van der Waals surface area contributed by atoms with Crippen LogP contribution in [0.4, 0.5) is 0 Å². The standard InChI is InChI=1S/C14H13Cl2IN2/c1-2-4-11-13(17)14(16)19-12(18-11)8-9-5-3-6-10(15)7-9/h3,5-7H,2,4,8H2,1H3. The molecule has 0 radical (unpaired) electrons. The van der Waals surface area contributed by atoms with Crippen LogP contribution in [0.5, 0.6) is 0 Å². The van der Waals surface area contributed by atoms with Crippen LogP contribution in [-0.2, 0) is 12.8 Å². The Labute approximate surface area is 136 Å². The van der Waals surface area contributed by atoms with Crippen molar-refractivity contribution in [3.8, 4) is 0 Å². The second kappa shape index (κ2) is 6.86. The smallest absolute Gasteiger partial charge is 0.146 e. The minimum absolute atomic E-state index is 0.538. The van der Waals surface area contributed by atoms with Gasteiger partial charge in [0.15, 0.2) is 0 Å². The lowest BCUT2D eigenvalue weighted by Gasteiger charge is -2.07. The van der Waals surface area contributed by atoms with Crippen molar-refractivity contribution in [3.05, 3.63) is 55.1 Å². The van der Waals surface area contributed by atoms with Crippen LogP contribution in [0, 0.1) is 3.57 Å². The molecule has 0 aliphatic rings. The lowest BCUT2D eigenvalue weighted by molar-refractivity contribution is 0.833. The lowest BCUT2D eigenvalue weighted by atomic mass is 10.1. The summed E-state index contributed by atoms with van der Waals surface area (Å²) in [5, 5.41) is 1.26. The van der Waals surface area contributed by atoms with E-state index in [1.54, 1.807) is 0 Å². The Morgan fingerprint density at radius 1 is 1.21 bits per heavy atom. The highest BCUT2D eigenvalue weighted by molar-refractivity contribution is 14.1. The molecule has 100 valence electrons. The van der Waals surface area contributed by atoms with Gasteiger partial charge in [0, 0.05) is 11.4 Å². The van der Waals surface area contributed by atoms with Gasteiger partial charge in [-0.15, -0.1) is 0 Å². The molecule has 0 bridgehead atoms. The number of aryl methyl sites for hydroxylation is 1. The van der Waals surface area contributed by atoms with Gasteiger partial charge in [-0.05, 0) is 46.7 Å². The van der Waals surface area contributed by atoms with Crippen LogP contribution < -0.4 is 0 Å². The highest BCUT2D eigenvalue weighted by Gasteiger charge is 2.10. The number of hydrogen-bond acceptors (Lipinski definition) is 2. The van der Waals surface area contributed by atoms with E-state index in [1.165, 1.54) is 0 Å². The summed E-state index contributed by atoms with van der Waals surface area (Å²) in [4.78, 5) is 8.95. The van der Waals surface area contributed by atoms with Gasteiger partial charge in [0.1, 0.15) is 11.0 Å². The van der Waals surface area contributed by atoms with Gasteiger partial charge in [0.2, 0.25) is 0 Å². The van der Waals surface area contributed by atoms with Gasteiger partial charge in [-0.2, -0.15) is 0 Å². The average Bonchev–Trinajstić information content (AvgIpc) is 2.35. The zero-order chi connectivity index (χ0) is 13.8. The van der Waals surface area contributed by atoms with Gasteiger partial charge in [0.05, 0.1) is 9.26 Å². The minimum atomic E-state index is 0.538. The fourth-order valence-electron chi connectivity index (χ4n) is 1.82. The van der Waals surface area contributed by atoms with Crippen molar-refractivity contribution in [2.24, 2.45) is 0 Å². The van der Waals surface area contributed by atoms with E-state index >= 15 is 0 Å². The van der Waals surface area contributed by atoms with Crippen molar-refractivity contribution in [1.82, 2.24) is 9.97 Å². The first-order valence-corrected chi connectivity index (χ1v) is 7.89. The summed E-state index contributed by atoms with van der Waals surface area (Å²) in [6.07, 6.45) is 2.61. The van der Waals surface area contributed by atoms with E-state index in [-0.39, 0.29) is 0 Å². The molecule has 2 nitrogen and oxygen atoms in total. The third-order valence-corrected chi connectivity index (χ3v) is 4.62. The van der Waals surface area contributed by atoms with Crippen LogP contribution in [0.3, 0.4) is 0 Å². The monoisotopic (exact) mass is 406 g/mol. The Morgan fingerprint density at radius 2 is 2.00 bits per heavy atom. The molecular formula is C14H13Cl2IN2. The van der Waals surface area contributed by atoms with Gasteiger partial charge in [-0.25, -0.2) is 9.97 Å². The molecule has 0 aliphatic carbocycles. The van der Waals surface area contributed by atoms with Crippen LogP contribution in [-0.4, -0.2) is 9.97 Å². The molecule has 0 N–H and O–H groups in total. The second-order valence-corrected chi connectivity index (χ2v) is 6.12. The summed E-state index contributed by atoms with van der Waals surface area (Å²) < 4.78 is 0.955. The van der Waals surface area contributed by atoms with E-state index in [2.05, 4.69) is 39.5 Å². The van der Waals surface area contributed by atoms with Crippen LogP contribution in [0.2, 0.25) is 10.2 Å². The fraction of sp³-hybridized carbons (Fsp3) is 0.286. The lowest BCUT2D eigenvalue weighted by Crippen LogP contribution is -2.04. The zero-order valence-corrected chi connectivity index (χ0v) is 14.1. The molecule has 0 fully saturated rings. The van der Waals surface area contributed by atoms with Gasteiger partial charge in [-0.1, -0.05) is 48.7 Å². The fourth-order valence-corrected chi connectivity index (χ4v) is 2.75. The number of nitrogens with zero attached hydrogens (tertiary/aromatic N) is 2. The van der Waals surface area contributed by atoms with Crippen molar-refractivity contribution >= 4 is 45.8 Å². The Bertz CT molecular complexity index is 588. The van der Waals surface area contributed by atoms with Crippen LogP contribution >= 0.6 is 45.8 Å². The second-order valence-electron chi connectivity index (χ2n) is 4.25. The van der Waals surface area contributed by atoms with Gasteiger partial charge in [0.25, 0.3) is 0 Å². The predicted octanol–water partition coefficient (Wildman–Crippen LogP) is 4.93. The first kappa shape index (κ1) is 15.0. The quantitative estimate of drug-likeness (QED) is 0.531. The highest BCUT2D eigenvalue weighted by atomic mass is 127. The topological polar surface area (TPSA) is 25.8 Å². The number of halogens is 3. The molecule has 1 heterocycles. The largest absolute Gasteiger partial charge is 0.236 e. The van der Waals surface area contributed by atoms with E-state index < -0.39 is 0 Å². The molecule has 0 unspecified atom stereocenters. The Balaban J connectivity index is 2.30. The molecule has 0 saturated heterocycles. The maximum atomic E-state index is 6.17. The molecule has 1 aromatic heterocycles. The summed E-state index contributed by atoms with van der Waals surface area (Å²) in [6, 6.07) is 7.73. The molecule has 0 atom stereocenters. The molecule has 0 aliphatic heterocycles. The normalized spacial score (nSPS) is 10.7. The first-order valence-electron chi connectivity index (χ1n) is 6.05. The molecule has 0 spiro atoms. The van der Waals surface area contributed by atoms with E-state index in [0.717, 1.165) is 38.5 Å². The molecule has 2 aromatic rings. The summed E-state index contributed by atoms with van der Waals surface area (Å²) in [5.41, 5.74) is 2.12. The molecule has 5 heteroatoms. The Morgan fingerprint density at radius 3 is 2.68 bits per heavy atom. The number of hydrogen-bond donors (Lipinski definition) is 0. The van der Waals surface area contributed by atoms with Crippen molar-refractivity contribution in [2.75, 3.05) is 0 Å². The number of aromatic nitrogens is 2. The van der Waals surface area contributed by atoms with Gasteiger partial charge in [-0.3, -0.25) is 0 Å². The molecule has 0 saturated carbocycles. The summed E-state index contributed by atoms with van der Waals surface area (Å²) >= 11 is 14.4. The maximum Gasteiger partial charge on any atom is 0.146 e. The highest BCUT2D eigenvalue weighted by Crippen LogP contribution is 2.21. The van der Waals surface area contributed by atoms with Crippen molar-refractivity contribution in [2.45, 2.75) is 26.2 Å². The third kappa shape index (κ3) is 4.04. The molecule has 19 heavy (non-hydrogen) atoms. The van der Waals surface area contributed by atoms with E-state index in [9.17, 15) is 0 Å². The number of rotatable bonds is 4. The van der Waals surface area contributed by atoms with E-state index in [1.807, 2.05) is 24.3 Å². The minimum Gasteiger partial charge on any atom is -0.236 e. The van der Waals surface area contributed by atoms with Gasteiger partial charge < -0.3 is 0 Å².